The first-order valence-corrected chi connectivity index (χ1v) is 10.3. The molecule has 0 spiro atoms. The molecule has 0 saturated carbocycles. The van der Waals surface area contributed by atoms with Crippen molar-refractivity contribution < 1.29 is 14.2 Å². The molecule has 0 unspecified atom stereocenters. The SMILES string of the molecule is CCOc1ccc(NC(=Nc2cc(-c3ccc(OC)c(OC)c3)[nH]n2)SC)cc1. The van der Waals surface area contributed by atoms with E-state index in [2.05, 4.69) is 20.5 Å². The first-order chi connectivity index (χ1) is 14.2. The van der Waals surface area contributed by atoms with Crippen LogP contribution in [0.5, 0.6) is 17.2 Å². The van der Waals surface area contributed by atoms with Gasteiger partial charge in [-0.25, -0.2) is 4.99 Å². The van der Waals surface area contributed by atoms with Gasteiger partial charge in [0.15, 0.2) is 22.5 Å². The molecule has 0 saturated heterocycles. The van der Waals surface area contributed by atoms with Crippen molar-refractivity contribution in [1.82, 2.24) is 10.2 Å². The number of nitrogens with zero attached hydrogens (tertiary/aromatic N) is 2. The lowest BCUT2D eigenvalue weighted by molar-refractivity contribution is 0.340. The molecule has 0 aliphatic rings. The molecule has 1 heterocycles. The number of nitrogens with one attached hydrogen (secondary N) is 2. The Hall–Kier alpha value is -3.13. The number of anilines is 1. The van der Waals surface area contributed by atoms with Crippen molar-refractivity contribution in [2.24, 2.45) is 4.99 Å². The molecule has 152 valence electrons. The number of hydrogen-bond acceptors (Lipinski definition) is 6. The standard InChI is InChI=1S/C21H24N4O3S/c1-5-28-16-9-7-15(8-10-16)22-21(29-4)23-20-13-17(24-25-20)14-6-11-18(26-2)19(12-14)27-3/h6-13H,5H2,1-4H3,(H2,22,23,24,25). The number of aliphatic imine (C=N–C) groups is 1. The van der Waals surface area contributed by atoms with Crippen LogP contribution in [-0.4, -0.2) is 42.4 Å². The number of rotatable bonds is 7. The second-order valence-electron chi connectivity index (χ2n) is 5.91. The van der Waals surface area contributed by atoms with E-state index in [0.29, 0.717) is 23.9 Å². The Kier molecular flexibility index (Phi) is 7.02. The fraction of sp³-hybridized carbons (Fsp3) is 0.238. The highest BCUT2D eigenvalue weighted by atomic mass is 32.2. The molecule has 0 aliphatic carbocycles. The molecular weight excluding hydrogens is 388 g/mol. The Balaban J connectivity index is 1.76. The summed E-state index contributed by atoms with van der Waals surface area (Å²) in [6.45, 7) is 2.61. The van der Waals surface area contributed by atoms with Crippen LogP contribution in [0.1, 0.15) is 6.92 Å². The lowest BCUT2D eigenvalue weighted by Gasteiger charge is -2.08. The summed E-state index contributed by atoms with van der Waals surface area (Å²) in [5.74, 6) is 2.76. The number of benzene rings is 2. The van der Waals surface area contributed by atoms with Gasteiger partial charge in [0.1, 0.15) is 5.75 Å². The van der Waals surface area contributed by atoms with Crippen LogP contribution in [0.15, 0.2) is 53.5 Å². The van der Waals surface area contributed by atoms with E-state index < -0.39 is 0 Å². The molecule has 2 N–H and O–H groups in total. The van der Waals surface area contributed by atoms with Crippen molar-refractivity contribution in [3.05, 3.63) is 48.5 Å². The first-order valence-electron chi connectivity index (χ1n) is 9.07. The number of ether oxygens (including phenoxy) is 3. The summed E-state index contributed by atoms with van der Waals surface area (Å²) in [5, 5.41) is 11.4. The Bertz CT molecular complexity index is 970. The van der Waals surface area contributed by atoms with E-state index in [1.807, 2.05) is 61.7 Å². The molecule has 8 heteroatoms. The number of amidine groups is 1. The fourth-order valence-electron chi connectivity index (χ4n) is 2.67. The van der Waals surface area contributed by atoms with E-state index in [-0.39, 0.29) is 0 Å². The number of thioether (sulfide) groups is 1. The molecule has 3 rings (SSSR count). The van der Waals surface area contributed by atoms with Crippen LogP contribution >= 0.6 is 11.8 Å². The third-order valence-corrected chi connectivity index (χ3v) is 4.66. The monoisotopic (exact) mass is 412 g/mol. The van der Waals surface area contributed by atoms with Crippen molar-refractivity contribution in [1.29, 1.82) is 0 Å². The number of methoxy groups -OCH3 is 2. The maximum atomic E-state index is 5.47. The third-order valence-electron chi connectivity index (χ3n) is 4.08. The van der Waals surface area contributed by atoms with Gasteiger partial charge in [-0.15, -0.1) is 0 Å². The van der Waals surface area contributed by atoms with Crippen LogP contribution in [-0.2, 0) is 0 Å². The quantitative estimate of drug-likeness (QED) is 0.422. The van der Waals surface area contributed by atoms with Gasteiger partial charge in [-0.1, -0.05) is 11.8 Å². The summed E-state index contributed by atoms with van der Waals surface area (Å²) >= 11 is 1.51. The Morgan fingerprint density at radius 3 is 2.48 bits per heavy atom. The highest BCUT2D eigenvalue weighted by molar-refractivity contribution is 8.13. The molecule has 0 atom stereocenters. The number of H-pyrrole nitrogens is 1. The molecule has 1 aromatic heterocycles. The largest absolute Gasteiger partial charge is 0.494 e. The van der Waals surface area contributed by atoms with Crippen molar-refractivity contribution in [3.8, 4) is 28.5 Å². The lowest BCUT2D eigenvalue weighted by atomic mass is 10.1. The van der Waals surface area contributed by atoms with Gasteiger partial charge < -0.3 is 19.5 Å². The minimum Gasteiger partial charge on any atom is -0.494 e. The molecule has 0 amide bonds. The summed E-state index contributed by atoms with van der Waals surface area (Å²) in [5.41, 5.74) is 2.70. The van der Waals surface area contributed by atoms with E-state index in [0.717, 1.165) is 27.9 Å². The second-order valence-corrected chi connectivity index (χ2v) is 6.71. The van der Waals surface area contributed by atoms with Gasteiger partial charge in [0.2, 0.25) is 0 Å². The maximum absolute atomic E-state index is 5.47. The summed E-state index contributed by atoms with van der Waals surface area (Å²) in [6, 6.07) is 15.3. The number of aromatic amines is 1. The summed E-state index contributed by atoms with van der Waals surface area (Å²) in [6.07, 6.45) is 1.96. The topological polar surface area (TPSA) is 80.8 Å². The molecule has 0 aliphatic heterocycles. The number of aromatic nitrogens is 2. The first kappa shape index (κ1) is 20.6. The molecule has 0 radical (unpaired) electrons. The molecular formula is C21H24N4O3S. The smallest absolute Gasteiger partial charge is 0.176 e. The average Bonchev–Trinajstić information content (AvgIpc) is 3.22. The van der Waals surface area contributed by atoms with Crippen LogP contribution in [0.2, 0.25) is 0 Å². The fourth-order valence-corrected chi connectivity index (χ4v) is 3.08. The molecule has 29 heavy (non-hydrogen) atoms. The van der Waals surface area contributed by atoms with E-state index >= 15 is 0 Å². The Labute approximate surface area is 174 Å². The van der Waals surface area contributed by atoms with Crippen molar-refractivity contribution in [2.45, 2.75) is 6.92 Å². The number of hydrogen-bond donors (Lipinski definition) is 2. The van der Waals surface area contributed by atoms with Crippen LogP contribution in [0, 0.1) is 0 Å². The predicted octanol–water partition coefficient (Wildman–Crippen LogP) is 4.96. The minimum absolute atomic E-state index is 0.581. The van der Waals surface area contributed by atoms with Gasteiger partial charge in [0, 0.05) is 17.3 Å². The minimum atomic E-state index is 0.581. The van der Waals surface area contributed by atoms with Crippen LogP contribution < -0.4 is 19.5 Å². The van der Waals surface area contributed by atoms with E-state index in [1.54, 1.807) is 14.2 Å². The van der Waals surface area contributed by atoms with Gasteiger partial charge in [0.05, 0.1) is 26.5 Å². The molecule has 3 aromatic rings. The normalized spacial score (nSPS) is 11.2. The zero-order valence-corrected chi connectivity index (χ0v) is 17.7. The van der Waals surface area contributed by atoms with Crippen LogP contribution in [0.4, 0.5) is 11.5 Å². The third kappa shape index (κ3) is 5.23. The molecule has 7 nitrogen and oxygen atoms in total. The molecule has 0 bridgehead atoms. The predicted molar refractivity (Wildman–Crippen MR) is 119 cm³/mol. The summed E-state index contributed by atoms with van der Waals surface area (Å²) in [7, 11) is 3.23. The van der Waals surface area contributed by atoms with E-state index in [9.17, 15) is 0 Å². The molecule has 0 fully saturated rings. The van der Waals surface area contributed by atoms with Gasteiger partial charge in [0.25, 0.3) is 0 Å². The average molecular weight is 413 g/mol. The van der Waals surface area contributed by atoms with Crippen LogP contribution in [0.25, 0.3) is 11.3 Å². The van der Waals surface area contributed by atoms with Gasteiger partial charge in [-0.2, -0.15) is 5.10 Å². The highest BCUT2D eigenvalue weighted by Gasteiger charge is 2.09. The van der Waals surface area contributed by atoms with E-state index in [1.165, 1.54) is 11.8 Å². The van der Waals surface area contributed by atoms with Crippen molar-refractivity contribution in [2.75, 3.05) is 32.4 Å². The maximum Gasteiger partial charge on any atom is 0.176 e. The van der Waals surface area contributed by atoms with E-state index in [4.69, 9.17) is 14.2 Å². The van der Waals surface area contributed by atoms with Crippen LogP contribution in [0.3, 0.4) is 0 Å². The Morgan fingerprint density at radius 1 is 1.07 bits per heavy atom. The summed E-state index contributed by atoms with van der Waals surface area (Å²) < 4.78 is 16.1. The zero-order valence-electron chi connectivity index (χ0n) is 16.9. The van der Waals surface area contributed by atoms with Gasteiger partial charge in [-0.3, -0.25) is 5.10 Å². The second kappa shape index (κ2) is 9.88. The van der Waals surface area contributed by atoms with Gasteiger partial charge >= 0.3 is 0 Å². The van der Waals surface area contributed by atoms with Crippen molar-refractivity contribution in [3.63, 3.8) is 0 Å². The van der Waals surface area contributed by atoms with Crippen molar-refractivity contribution >= 4 is 28.4 Å². The Morgan fingerprint density at radius 2 is 1.83 bits per heavy atom. The van der Waals surface area contributed by atoms with Gasteiger partial charge in [-0.05, 0) is 55.6 Å². The molecule has 2 aromatic carbocycles. The lowest BCUT2D eigenvalue weighted by Crippen LogP contribution is -2.06. The highest BCUT2D eigenvalue weighted by Crippen LogP contribution is 2.32. The zero-order chi connectivity index (χ0) is 20.6. The summed E-state index contributed by atoms with van der Waals surface area (Å²) in [4.78, 5) is 4.59.